The van der Waals surface area contributed by atoms with Crippen molar-refractivity contribution in [3.8, 4) is 17.2 Å². The minimum Gasteiger partial charge on any atom is -0.493 e. The summed E-state index contributed by atoms with van der Waals surface area (Å²) in [6, 6.07) is 9.28. The van der Waals surface area contributed by atoms with E-state index in [1.807, 2.05) is 6.92 Å². The average Bonchev–Trinajstić information content (AvgIpc) is 3.35. The third-order valence-electron chi connectivity index (χ3n) is 4.64. The largest absolute Gasteiger partial charge is 0.493 e. The molecule has 1 N–H and O–H groups in total. The number of halogens is 1. The van der Waals surface area contributed by atoms with Gasteiger partial charge in [0.1, 0.15) is 5.82 Å². The van der Waals surface area contributed by atoms with Crippen molar-refractivity contribution in [2.24, 2.45) is 16.2 Å². The fourth-order valence-electron chi connectivity index (χ4n) is 3.11. The van der Waals surface area contributed by atoms with Crippen LogP contribution in [0.3, 0.4) is 0 Å². The van der Waals surface area contributed by atoms with E-state index in [1.54, 1.807) is 24.3 Å². The molecule has 2 aromatic rings. The molecule has 0 bridgehead atoms. The highest BCUT2D eigenvalue weighted by Crippen LogP contribution is 2.45. The molecule has 0 saturated heterocycles. The molecule has 2 aliphatic rings. The van der Waals surface area contributed by atoms with Crippen molar-refractivity contribution < 1.29 is 28.2 Å². The van der Waals surface area contributed by atoms with Gasteiger partial charge in [-0.25, -0.2) is 9.82 Å². The van der Waals surface area contributed by atoms with Gasteiger partial charge in [-0.15, -0.1) is 0 Å². The molecule has 29 heavy (non-hydrogen) atoms. The SMILES string of the molecule is COc1cc([C@H]2ON=C(C(=O)N/N=C\c3ccc(F)cc3)[C@@H]2C)cc2c1OCO2. The van der Waals surface area contributed by atoms with E-state index in [9.17, 15) is 9.18 Å². The first-order chi connectivity index (χ1) is 14.1. The quantitative estimate of drug-likeness (QED) is 0.617. The first kappa shape index (κ1) is 18.7. The number of ether oxygens (including phenoxy) is 3. The van der Waals surface area contributed by atoms with E-state index in [2.05, 4.69) is 15.7 Å². The molecule has 0 unspecified atom stereocenters. The van der Waals surface area contributed by atoms with Crippen LogP contribution in [0.1, 0.15) is 24.2 Å². The van der Waals surface area contributed by atoms with Crippen LogP contribution in [0.4, 0.5) is 4.39 Å². The normalized spacial score (nSPS) is 19.8. The number of oxime groups is 1. The maximum atomic E-state index is 12.9. The first-order valence-corrected chi connectivity index (χ1v) is 8.87. The standard InChI is InChI=1S/C20H18FN3O5/c1-11-17(20(25)23-22-9-12-3-5-14(21)6-4-12)24-29-18(11)13-7-15(26-2)19-16(8-13)27-10-28-19/h3-9,11,18H,10H2,1-2H3,(H,23,25)/b22-9-/t11-,18-/m0/s1. The molecule has 0 aliphatic carbocycles. The summed E-state index contributed by atoms with van der Waals surface area (Å²) in [7, 11) is 1.54. The van der Waals surface area contributed by atoms with Crippen LogP contribution in [0.5, 0.6) is 17.2 Å². The Labute approximate surface area is 165 Å². The second-order valence-electron chi connectivity index (χ2n) is 6.50. The van der Waals surface area contributed by atoms with Crippen LogP contribution >= 0.6 is 0 Å². The number of hydrogen-bond acceptors (Lipinski definition) is 7. The fraction of sp³-hybridized carbons (Fsp3) is 0.250. The summed E-state index contributed by atoms with van der Waals surface area (Å²) in [5, 5.41) is 7.81. The van der Waals surface area contributed by atoms with Crippen LogP contribution < -0.4 is 19.6 Å². The monoisotopic (exact) mass is 399 g/mol. The van der Waals surface area contributed by atoms with E-state index < -0.39 is 12.0 Å². The molecule has 9 heteroatoms. The van der Waals surface area contributed by atoms with Crippen LogP contribution in [-0.4, -0.2) is 31.7 Å². The molecule has 4 rings (SSSR count). The zero-order chi connectivity index (χ0) is 20.4. The van der Waals surface area contributed by atoms with Crippen molar-refractivity contribution >= 4 is 17.8 Å². The Kier molecular flexibility index (Phi) is 5.03. The molecule has 0 radical (unpaired) electrons. The summed E-state index contributed by atoms with van der Waals surface area (Å²) < 4.78 is 29.1. The zero-order valence-corrected chi connectivity index (χ0v) is 15.7. The lowest BCUT2D eigenvalue weighted by Gasteiger charge is -2.16. The highest BCUT2D eigenvalue weighted by Gasteiger charge is 2.37. The summed E-state index contributed by atoms with van der Waals surface area (Å²) in [4.78, 5) is 17.9. The molecule has 1 amide bonds. The Morgan fingerprint density at radius 3 is 2.86 bits per heavy atom. The Bertz CT molecular complexity index is 990. The molecule has 2 aromatic carbocycles. The van der Waals surface area contributed by atoms with Gasteiger partial charge in [-0.05, 0) is 29.8 Å². The van der Waals surface area contributed by atoms with Crippen LogP contribution in [0.2, 0.25) is 0 Å². The van der Waals surface area contributed by atoms with Gasteiger partial charge in [0.25, 0.3) is 5.91 Å². The van der Waals surface area contributed by atoms with Crippen molar-refractivity contribution in [3.05, 3.63) is 53.3 Å². The summed E-state index contributed by atoms with van der Waals surface area (Å²) in [5.74, 6) is 0.455. The molecule has 0 aromatic heterocycles. The van der Waals surface area contributed by atoms with Gasteiger partial charge in [0, 0.05) is 5.56 Å². The molecule has 2 aliphatic heterocycles. The highest BCUT2D eigenvalue weighted by atomic mass is 19.1. The number of nitrogens with one attached hydrogen (secondary N) is 1. The van der Waals surface area contributed by atoms with E-state index in [4.69, 9.17) is 19.0 Å². The number of fused-ring (bicyclic) bond motifs is 1. The van der Waals surface area contributed by atoms with Gasteiger partial charge in [0.15, 0.2) is 23.3 Å². The van der Waals surface area contributed by atoms with Crippen LogP contribution in [-0.2, 0) is 9.63 Å². The molecule has 2 heterocycles. The van der Waals surface area contributed by atoms with Gasteiger partial charge in [-0.1, -0.05) is 24.2 Å². The third kappa shape index (κ3) is 3.71. The van der Waals surface area contributed by atoms with Crippen molar-refractivity contribution in [2.75, 3.05) is 13.9 Å². The maximum Gasteiger partial charge on any atom is 0.289 e. The summed E-state index contributed by atoms with van der Waals surface area (Å²) in [6.07, 6.45) is 0.929. The topological polar surface area (TPSA) is 90.7 Å². The number of benzene rings is 2. The summed E-state index contributed by atoms with van der Waals surface area (Å²) >= 11 is 0. The molecule has 2 atom stereocenters. The van der Waals surface area contributed by atoms with E-state index in [0.29, 0.717) is 22.8 Å². The van der Waals surface area contributed by atoms with E-state index in [-0.39, 0.29) is 24.2 Å². The minimum atomic E-state index is -0.486. The molecule has 0 saturated carbocycles. The van der Waals surface area contributed by atoms with E-state index in [1.165, 1.54) is 25.5 Å². The van der Waals surface area contributed by atoms with Crippen molar-refractivity contribution in [3.63, 3.8) is 0 Å². The fourth-order valence-corrected chi connectivity index (χ4v) is 3.11. The number of rotatable bonds is 5. The Morgan fingerprint density at radius 1 is 1.31 bits per heavy atom. The Balaban J connectivity index is 1.44. The van der Waals surface area contributed by atoms with Gasteiger partial charge in [0.05, 0.1) is 19.2 Å². The summed E-state index contributed by atoms with van der Waals surface area (Å²) in [6.45, 7) is 1.95. The lowest BCUT2D eigenvalue weighted by atomic mass is 9.93. The number of carbonyl (C=O) groups is 1. The van der Waals surface area contributed by atoms with Gasteiger partial charge in [0.2, 0.25) is 12.5 Å². The van der Waals surface area contributed by atoms with Crippen LogP contribution in [0.25, 0.3) is 0 Å². The van der Waals surface area contributed by atoms with Crippen LogP contribution in [0.15, 0.2) is 46.7 Å². The predicted octanol–water partition coefficient (Wildman–Crippen LogP) is 2.78. The highest BCUT2D eigenvalue weighted by molar-refractivity contribution is 6.39. The smallest absolute Gasteiger partial charge is 0.289 e. The molecular weight excluding hydrogens is 381 g/mol. The molecule has 0 spiro atoms. The van der Waals surface area contributed by atoms with Crippen molar-refractivity contribution in [1.82, 2.24) is 5.43 Å². The Hall–Kier alpha value is -3.62. The van der Waals surface area contributed by atoms with Crippen molar-refractivity contribution in [2.45, 2.75) is 13.0 Å². The van der Waals surface area contributed by atoms with Crippen LogP contribution in [0, 0.1) is 11.7 Å². The van der Waals surface area contributed by atoms with Gasteiger partial charge < -0.3 is 19.0 Å². The predicted molar refractivity (Wildman–Crippen MR) is 102 cm³/mol. The van der Waals surface area contributed by atoms with E-state index >= 15 is 0 Å². The number of nitrogens with zero attached hydrogens (tertiary/aromatic N) is 2. The first-order valence-electron chi connectivity index (χ1n) is 8.87. The van der Waals surface area contributed by atoms with Gasteiger partial charge in [-0.3, -0.25) is 4.79 Å². The lowest BCUT2D eigenvalue weighted by molar-refractivity contribution is -0.115. The second kappa shape index (κ2) is 7.78. The third-order valence-corrected chi connectivity index (χ3v) is 4.64. The minimum absolute atomic E-state index is 0.117. The Morgan fingerprint density at radius 2 is 2.10 bits per heavy atom. The number of amides is 1. The van der Waals surface area contributed by atoms with E-state index in [0.717, 1.165) is 5.56 Å². The number of methoxy groups -OCH3 is 1. The molecule has 0 fully saturated rings. The second-order valence-corrected chi connectivity index (χ2v) is 6.50. The van der Waals surface area contributed by atoms with Crippen molar-refractivity contribution in [1.29, 1.82) is 0 Å². The molecular formula is C20H18FN3O5. The number of carbonyl (C=O) groups excluding carboxylic acids is 1. The summed E-state index contributed by atoms with van der Waals surface area (Å²) in [5.41, 5.74) is 4.02. The average molecular weight is 399 g/mol. The number of hydrazone groups is 1. The molecule has 8 nitrogen and oxygen atoms in total. The number of hydrogen-bond donors (Lipinski definition) is 1. The lowest BCUT2D eigenvalue weighted by Crippen LogP contribution is -2.31. The zero-order valence-electron chi connectivity index (χ0n) is 15.7. The van der Waals surface area contributed by atoms with Gasteiger partial charge in [-0.2, -0.15) is 5.10 Å². The molecule has 150 valence electrons. The maximum absolute atomic E-state index is 12.9. The van der Waals surface area contributed by atoms with Gasteiger partial charge >= 0.3 is 0 Å².